The highest BCUT2D eigenvalue weighted by atomic mass is 35.5. The van der Waals surface area contributed by atoms with Crippen LogP contribution in [0.3, 0.4) is 0 Å². The average molecular weight is 218 g/mol. The molecule has 0 fully saturated rings. The molecule has 2 nitrogen and oxygen atoms in total. The molecular formula is C9H12ClNOS. The molecule has 0 aliphatic rings. The fourth-order valence-electron chi connectivity index (χ4n) is 1.07. The standard InChI is InChI=1S/C9H12ClNOS/c1-5-11-7(9(2,3)4)6(13-5)8(10)12/h1-4H3. The van der Waals surface area contributed by atoms with Crippen LogP contribution in [-0.2, 0) is 5.41 Å². The van der Waals surface area contributed by atoms with Gasteiger partial charge in [-0.15, -0.1) is 11.3 Å². The Morgan fingerprint density at radius 3 is 2.31 bits per heavy atom. The van der Waals surface area contributed by atoms with Crippen molar-refractivity contribution in [2.24, 2.45) is 0 Å². The van der Waals surface area contributed by atoms with Crippen LogP contribution in [-0.4, -0.2) is 10.2 Å². The molecule has 4 heteroatoms. The topological polar surface area (TPSA) is 30.0 Å². The molecular weight excluding hydrogens is 206 g/mol. The molecule has 0 bridgehead atoms. The summed E-state index contributed by atoms with van der Waals surface area (Å²) in [5.41, 5.74) is 0.681. The van der Waals surface area contributed by atoms with Gasteiger partial charge in [0, 0.05) is 5.41 Å². The van der Waals surface area contributed by atoms with Gasteiger partial charge in [-0.25, -0.2) is 4.98 Å². The van der Waals surface area contributed by atoms with Gasteiger partial charge in [0.2, 0.25) is 0 Å². The summed E-state index contributed by atoms with van der Waals surface area (Å²) in [6, 6.07) is 0. The Kier molecular flexibility index (Phi) is 2.78. The molecule has 0 aliphatic heterocycles. The zero-order valence-corrected chi connectivity index (χ0v) is 9.71. The molecule has 0 aromatic carbocycles. The second-order valence-electron chi connectivity index (χ2n) is 3.93. The van der Waals surface area contributed by atoms with E-state index in [1.807, 2.05) is 27.7 Å². The first-order valence-electron chi connectivity index (χ1n) is 4.00. The normalized spacial score (nSPS) is 11.8. The van der Waals surface area contributed by atoms with Crippen LogP contribution >= 0.6 is 22.9 Å². The number of aromatic nitrogens is 1. The van der Waals surface area contributed by atoms with Crippen molar-refractivity contribution in [3.8, 4) is 0 Å². The third-order valence-corrected chi connectivity index (χ3v) is 2.89. The Balaban J connectivity index is 3.28. The number of carbonyl (C=O) groups is 1. The highest BCUT2D eigenvalue weighted by Crippen LogP contribution is 2.30. The maximum Gasteiger partial charge on any atom is 0.264 e. The Morgan fingerprint density at radius 2 is 2.00 bits per heavy atom. The van der Waals surface area contributed by atoms with Crippen molar-refractivity contribution in [3.63, 3.8) is 0 Å². The van der Waals surface area contributed by atoms with E-state index in [4.69, 9.17) is 11.6 Å². The van der Waals surface area contributed by atoms with Crippen molar-refractivity contribution in [2.75, 3.05) is 0 Å². The van der Waals surface area contributed by atoms with E-state index in [9.17, 15) is 4.79 Å². The zero-order chi connectivity index (χ0) is 10.2. The molecule has 1 heterocycles. The highest BCUT2D eigenvalue weighted by Gasteiger charge is 2.25. The van der Waals surface area contributed by atoms with Crippen LogP contribution in [0.2, 0.25) is 0 Å². The monoisotopic (exact) mass is 217 g/mol. The third-order valence-electron chi connectivity index (χ3n) is 1.62. The lowest BCUT2D eigenvalue weighted by Crippen LogP contribution is -2.14. The molecule has 13 heavy (non-hydrogen) atoms. The average Bonchev–Trinajstić information content (AvgIpc) is 2.29. The van der Waals surface area contributed by atoms with Crippen LogP contribution in [0.25, 0.3) is 0 Å². The van der Waals surface area contributed by atoms with Crippen LogP contribution in [0, 0.1) is 6.92 Å². The number of aryl methyl sites for hydroxylation is 1. The van der Waals surface area contributed by atoms with Gasteiger partial charge in [0.05, 0.1) is 10.7 Å². The number of nitrogens with zero attached hydrogens (tertiary/aromatic N) is 1. The summed E-state index contributed by atoms with van der Waals surface area (Å²) < 4.78 is 0. The van der Waals surface area contributed by atoms with E-state index in [2.05, 4.69) is 4.98 Å². The summed E-state index contributed by atoms with van der Waals surface area (Å²) in [7, 11) is 0. The number of rotatable bonds is 1. The molecule has 0 N–H and O–H groups in total. The molecule has 1 aromatic rings. The van der Waals surface area contributed by atoms with Crippen molar-refractivity contribution in [3.05, 3.63) is 15.6 Å². The summed E-state index contributed by atoms with van der Waals surface area (Å²) in [6.07, 6.45) is 0. The summed E-state index contributed by atoms with van der Waals surface area (Å²) in [6.45, 7) is 7.93. The Bertz CT molecular complexity index is 338. The van der Waals surface area contributed by atoms with Crippen molar-refractivity contribution >= 4 is 28.2 Å². The van der Waals surface area contributed by atoms with Gasteiger partial charge in [-0.05, 0) is 18.5 Å². The molecule has 0 aliphatic carbocycles. The first-order chi connectivity index (χ1) is 5.82. The highest BCUT2D eigenvalue weighted by molar-refractivity contribution is 7.15. The number of hydrogen-bond donors (Lipinski definition) is 0. The van der Waals surface area contributed by atoms with Crippen molar-refractivity contribution in [2.45, 2.75) is 33.1 Å². The van der Waals surface area contributed by atoms with E-state index in [1.165, 1.54) is 11.3 Å². The Hall–Kier alpha value is -0.410. The molecule has 0 atom stereocenters. The van der Waals surface area contributed by atoms with E-state index >= 15 is 0 Å². The number of hydrogen-bond acceptors (Lipinski definition) is 3. The summed E-state index contributed by atoms with van der Waals surface area (Å²) >= 11 is 6.82. The van der Waals surface area contributed by atoms with Crippen LogP contribution in [0.5, 0.6) is 0 Å². The van der Waals surface area contributed by atoms with E-state index in [1.54, 1.807) is 0 Å². The van der Waals surface area contributed by atoms with Gasteiger partial charge in [-0.2, -0.15) is 0 Å². The fraction of sp³-hybridized carbons (Fsp3) is 0.556. The van der Waals surface area contributed by atoms with Gasteiger partial charge >= 0.3 is 0 Å². The predicted octanol–water partition coefficient (Wildman–Crippen LogP) is 3.13. The largest absolute Gasteiger partial charge is 0.275 e. The van der Waals surface area contributed by atoms with E-state index in [0.29, 0.717) is 4.88 Å². The van der Waals surface area contributed by atoms with Crippen LogP contribution in [0.4, 0.5) is 0 Å². The summed E-state index contributed by atoms with van der Waals surface area (Å²) in [5, 5.41) is 0.476. The first kappa shape index (κ1) is 10.7. The van der Waals surface area contributed by atoms with Crippen molar-refractivity contribution in [1.29, 1.82) is 0 Å². The SMILES string of the molecule is Cc1nc(C(C)(C)C)c(C(=O)Cl)s1. The van der Waals surface area contributed by atoms with Crippen molar-refractivity contribution < 1.29 is 4.79 Å². The predicted molar refractivity (Wildman–Crippen MR) is 55.7 cm³/mol. The van der Waals surface area contributed by atoms with Crippen LogP contribution in [0.15, 0.2) is 0 Å². The first-order valence-corrected chi connectivity index (χ1v) is 5.19. The molecule has 0 saturated heterocycles. The molecule has 0 amide bonds. The van der Waals surface area contributed by atoms with Gasteiger partial charge in [0.1, 0.15) is 4.88 Å². The van der Waals surface area contributed by atoms with Crippen LogP contribution in [0.1, 0.15) is 41.1 Å². The molecule has 1 aromatic heterocycles. The number of carbonyl (C=O) groups excluding carboxylic acids is 1. The quantitative estimate of drug-likeness (QED) is 0.677. The van der Waals surface area contributed by atoms with Crippen LogP contribution < -0.4 is 0 Å². The molecule has 72 valence electrons. The molecule has 0 spiro atoms. The van der Waals surface area contributed by atoms with Crippen molar-refractivity contribution in [1.82, 2.24) is 4.98 Å². The lowest BCUT2D eigenvalue weighted by atomic mass is 9.91. The van der Waals surface area contributed by atoms with E-state index < -0.39 is 5.24 Å². The van der Waals surface area contributed by atoms with Gasteiger partial charge in [-0.3, -0.25) is 4.79 Å². The van der Waals surface area contributed by atoms with E-state index in [0.717, 1.165) is 10.7 Å². The maximum absolute atomic E-state index is 11.1. The lowest BCUT2D eigenvalue weighted by molar-refractivity contribution is 0.108. The summed E-state index contributed by atoms with van der Waals surface area (Å²) in [5.74, 6) is 0. The number of thiazole rings is 1. The fourth-order valence-corrected chi connectivity index (χ4v) is 2.23. The second kappa shape index (κ2) is 3.39. The Morgan fingerprint density at radius 1 is 1.46 bits per heavy atom. The van der Waals surface area contributed by atoms with E-state index in [-0.39, 0.29) is 5.41 Å². The summed E-state index contributed by atoms with van der Waals surface area (Å²) in [4.78, 5) is 16.0. The van der Waals surface area contributed by atoms with Gasteiger partial charge in [0.25, 0.3) is 5.24 Å². The van der Waals surface area contributed by atoms with Gasteiger partial charge in [0.15, 0.2) is 0 Å². The third kappa shape index (κ3) is 2.29. The second-order valence-corrected chi connectivity index (χ2v) is 5.48. The minimum absolute atomic E-state index is 0.120. The zero-order valence-electron chi connectivity index (χ0n) is 8.14. The molecule has 0 saturated carbocycles. The lowest BCUT2D eigenvalue weighted by Gasteiger charge is -2.16. The number of halogens is 1. The maximum atomic E-state index is 11.1. The molecule has 0 unspecified atom stereocenters. The van der Waals surface area contributed by atoms with Gasteiger partial charge in [-0.1, -0.05) is 20.8 Å². The van der Waals surface area contributed by atoms with Gasteiger partial charge < -0.3 is 0 Å². The smallest absolute Gasteiger partial charge is 0.264 e. The minimum atomic E-state index is -0.407. The minimum Gasteiger partial charge on any atom is -0.275 e. The molecule has 0 radical (unpaired) electrons. The Labute approximate surface area is 86.9 Å². The molecule has 1 rings (SSSR count).